The zero-order valence-corrected chi connectivity index (χ0v) is 23.7. The van der Waals surface area contributed by atoms with E-state index in [1.165, 1.54) is 24.3 Å². The number of methoxy groups -OCH3 is 1. The van der Waals surface area contributed by atoms with Crippen LogP contribution in [0.1, 0.15) is 71.8 Å². The van der Waals surface area contributed by atoms with Crippen LogP contribution >= 0.6 is 0 Å². The second-order valence-corrected chi connectivity index (χ2v) is 13.1. The number of carbonyl (C=O) groups is 2. The van der Waals surface area contributed by atoms with Crippen LogP contribution in [0.2, 0.25) is 0 Å². The Morgan fingerprint density at radius 1 is 1.07 bits per heavy atom. The molecule has 7 nitrogen and oxygen atoms in total. The minimum atomic E-state index is -5.14. The summed E-state index contributed by atoms with van der Waals surface area (Å²) in [6, 6.07) is 6.66. The minimum Gasteiger partial charge on any atom is -0.463 e. The van der Waals surface area contributed by atoms with E-state index in [0.717, 1.165) is 26.4 Å². The SMILES string of the molecule is CO[C@](C(=O)O[C@H]1[C@@H](O)[C@H]2C(C)(C)CCC[C@]2(C)[C@@]2(CC[C@]3(COC(=O)C3)O2)[C@@H]1C)(c1ccccc1)C(F)(F)F. The van der Waals surface area contributed by atoms with Gasteiger partial charge in [-0.1, -0.05) is 64.4 Å². The Morgan fingerprint density at radius 2 is 1.75 bits per heavy atom. The van der Waals surface area contributed by atoms with E-state index in [0.29, 0.717) is 12.8 Å². The fraction of sp³-hybridized carbons (Fsp3) is 0.733. The van der Waals surface area contributed by atoms with E-state index in [-0.39, 0.29) is 19.0 Å². The number of alkyl halides is 3. The second-order valence-electron chi connectivity index (χ2n) is 13.1. The molecule has 0 radical (unpaired) electrons. The molecule has 2 saturated carbocycles. The summed E-state index contributed by atoms with van der Waals surface area (Å²) >= 11 is 0. The number of rotatable bonds is 4. The molecule has 2 spiro atoms. The average molecular weight is 569 g/mol. The zero-order chi connectivity index (χ0) is 29.4. The highest BCUT2D eigenvalue weighted by molar-refractivity contribution is 5.83. The van der Waals surface area contributed by atoms with Crippen molar-refractivity contribution in [2.75, 3.05) is 13.7 Å². The van der Waals surface area contributed by atoms with Gasteiger partial charge in [-0.2, -0.15) is 13.2 Å². The van der Waals surface area contributed by atoms with Crippen molar-refractivity contribution >= 4 is 11.9 Å². The van der Waals surface area contributed by atoms with Crippen LogP contribution in [0.5, 0.6) is 0 Å². The monoisotopic (exact) mass is 568 g/mol. The molecule has 4 fully saturated rings. The number of carbonyl (C=O) groups excluding carboxylic acids is 2. The molecule has 2 aliphatic carbocycles. The summed E-state index contributed by atoms with van der Waals surface area (Å²) in [4.78, 5) is 25.8. The average Bonchev–Trinajstić information content (AvgIpc) is 3.44. The molecule has 8 atom stereocenters. The molecule has 0 bridgehead atoms. The van der Waals surface area contributed by atoms with Crippen molar-refractivity contribution in [2.24, 2.45) is 22.7 Å². The lowest BCUT2D eigenvalue weighted by molar-refractivity contribution is -0.311. The van der Waals surface area contributed by atoms with Crippen LogP contribution < -0.4 is 0 Å². The molecular formula is C30H39F3O7. The Bertz CT molecular complexity index is 1160. The molecule has 5 rings (SSSR count). The van der Waals surface area contributed by atoms with Gasteiger partial charge in [-0.3, -0.25) is 4.79 Å². The fourth-order valence-corrected chi connectivity index (χ4v) is 8.86. The van der Waals surface area contributed by atoms with Crippen molar-refractivity contribution in [1.29, 1.82) is 0 Å². The molecule has 40 heavy (non-hydrogen) atoms. The Balaban J connectivity index is 1.59. The van der Waals surface area contributed by atoms with Gasteiger partial charge < -0.3 is 24.1 Å². The third-order valence-electron chi connectivity index (χ3n) is 10.6. The number of hydrogen-bond acceptors (Lipinski definition) is 7. The van der Waals surface area contributed by atoms with Crippen molar-refractivity contribution < 1.29 is 46.8 Å². The first-order valence-corrected chi connectivity index (χ1v) is 14.0. The number of halogens is 3. The molecular weight excluding hydrogens is 529 g/mol. The lowest BCUT2D eigenvalue weighted by atomic mass is 9.43. The molecule has 2 aliphatic heterocycles. The fourth-order valence-electron chi connectivity index (χ4n) is 8.86. The van der Waals surface area contributed by atoms with Gasteiger partial charge in [-0.15, -0.1) is 0 Å². The van der Waals surface area contributed by atoms with E-state index in [9.17, 15) is 27.9 Å². The summed E-state index contributed by atoms with van der Waals surface area (Å²) in [7, 11) is 0.826. The zero-order valence-electron chi connectivity index (χ0n) is 23.7. The van der Waals surface area contributed by atoms with Crippen molar-refractivity contribution in [3.05, 3.63) is 35.9 Å². The number of hydrogen-bond donors (Lipinski definition) is 1. The number of ether oxygens (including phenoxy) is 4. The molecule has 1 N–H and O–H groups in total. The van der Waals surface area contributed by atoms with Gasteiger partial charge in [-0.05, 0) is 31.1 Å². The predicted octanol–water partition coefficient (Wildman–Crippen LogP) is 5.08. The van der Waals surface area contributed by atoms with E-state index in [2.05, 4.69) is 6.92 Å². The highest BCUT2D eigenvalue weighted by Gasteiger charge is 2.74. The van der Waals surface area contributed by atoms with E-state index < -0.39 is 69.4 Å². The number of aliphatic hydroxyl groups is 1. The molecule has 1 aromatic rings. The van der Waals surface area contributed by atoms with Crippen LogP contribution in [0.4, 0.5) is 13.2 Å². The Labute approximate surface area is 232 Å². The molecule has 1 aromatic carbocycles. The van der Waals surface area contributed by atoms with Crippen molar-refractivity contribution in [3.63, 3.8) is 0 Å². The van der Waals surface area contributed by atoms with Crippen molar-refractivity contribution in [3.8, 4) is 0 Å². The standard InChI is InChI=1S/C30H39F3O7/c1-18-22(39-24(36)29(37-5,30(31,32)33)19-10-7-6-8-11-19)21(35)23-25(2,3)12-9-13-26(23,4)28(18)15-14-27(40-28)16-20(34)38-17-27/h6-8,10-11,18,21-23,35H,9,12-17H2,1-5H3/t18-,21-,22-,23+,26+,27+,28-,29+/m1/s1. The Morgan fingerprint density at radius 3 is 2.33 bits per heavy atom. The normalized spacial score (nSPS) is 40.5. The molecule has 0 aromatic heterocycles. The summed E-state index contributed by atoms with van der Waals surface area (Å²) in [6.07, 6.45) is -4.19. The van der Waals surface area contributed by atoms with E-state index >= 15 is 0 Å². The quantitative estimate of drug-likeness (QED) is 0.507. The van der Waals surface area contributed by atoms with Gasteiger partial charge in [0.2, 0.25) is 0 Å². The van der Waals surface area contributed by atoms with E-state index in [1.54, 1.807) is 13.0 Å². The van der Waals surface area contributed by atoms with Gasteiger partial charge >= 0.3 is 18.1 Å². The lowest BCUT2D eigenvalue weighted by Crippen LogP contribution is -2.72. The topological polar surface area (TPSA) is 91.3 Å². The number of aliphatic hydroxyl groups excluding tert-OH is 1. The first kappa shape index (κ1) is 29.3. The van der Waals surface area contributed by atoms with Crippen LogP contribution in [-0.4, -0.2) is 60.3 Å². The van der Waals surface area contributed by atoms with E-state index in [1.807, 2.05) is 13.8 Å². The minimum absolute atomic E-state index is 0.0908. The van der Waals surface area contributed by atoms with Gasteiger partial charge in [-0.25, -0.2) is 4.79 Å². The maximum Gasteiger partial charge on any atom is 0.432 e. The third-order valence-corrected chi connectivity index (χ3v) is 10.6. The molecule has 2 saturated heterocycles. The first-order chi connectivity index (χ1) is 18.6. The molecule has 0 amide bonds. The van der Waals surface area contributed by atoms with Gasteiger partial charge in [0.05, 0.1) is 18.1 Å². The highest BCUT2D eigenvalue weighted by atomic mass is 19.4. The highest BCUT2D eigenvalue weighted by Crippen LogP contribution is 2.68. The summed E-state index contributed by atoms with van der Waals surface area (Å²) < 4.78 is 67.0. The lowest BCUT2D eigenvalue weighted by Gasteiger charge is -2.66. The molecule has 222 valence electrons. The summed E-state index contributed by atoms with van der Waals surface area (Å²) in [6.45, 7) is 8.02. The van der Waals surface area contributed by atoms with Gasteiger partial charge in [0, 0.05) is 29.9 Å². The maximum atomic E-state index is 14.7. The van der Waals surface area contributed by atoms with Crippen molar-refractivity contribution in [2.45, 2.75) is 101 Å². The number of cyclic esters (lactones) is 1. The van der Waals surface area contributed by atoms with Crippen molar-refractivity contribution in [1.82, 2.24) is 0 Å². The van der Waals surface area contributed by atoms with Gasteiger partial charge in [0.1, 0.15) is 18.3 Å². The largest absolute Gasteiger partial charge is 0.463 e. The van der Waals surface area contributed by atoms with Crippen LogP contribution in [0, 0.1) is 22.7 Å². The number of esters is 2. The van der Waals surface area contributed by atoms with E-state index in [4.69, 9.17) is 18.9 Å². The summed E-state index contributed by atoms with van der Waals surface area (Å²) in [5.41, 5.74) is -6.62. The third kappa shape index (κ3) is 3.96. The Hall–Kier alpha value is -2.17. The Kier molecular flexibility index (Phi) is 6.91. The second kappa shape index (κ2) is 9.42. The summed E-state index contributed by atoms with van der Waals surface area (Å²) in [5, 5.41) is 11.9. The summed E-state index contributed by atoms with van der Waals surface area (Å²) in [5.74, 6) is -3.12. The van der Waals surface area contributed by atoms with Crippen LogP contribution in [0.25, 0.3) is 0 Å². The maximum absolute atomic E-state index is 14.7. The van der Waals surface area contributed by atoms with Crippen LogP contribution in [0.3, 0.4) is 0 Å². The predicted molar refractivity (Wildman–Crippen MR) is 137 cm³/mol. The van der Waals surface area contributed by atoms with Gasteiger partial charge in [0.25, 0.3) is 5.60 Å². The van der Waals surface area contributed by atoms with Gasteiger partial charge in [0.15, 0.2) is 0 Å². The molecule has 2 heterocycles. The first-order valence-electron chi connectivity index (χ1n) is 14.0. The molecule has 0 unspecified atom stereocenters. The number of benzene rings is 1. The van der Waals surface area contributed by atoms with Crippen LogP contribution in [-0.2, 0) is 34.1 Å². The number of fused-ring (bicyclic) bond motifs is 2. The molecule has 10 heteroatoms. The smallest absolute Gasteiger partial charge is 0.432 e. The van der Waals surface area contributed by atoms with Crippen LogP contribution in [0.15, 0.2) is 30.3 Å². The molecule has 4 aliphatic rings.